The lowest BCUT2D eigenvalue weighted by atomic mass is 10.1. The van der Waals surface area contributed by atoms with E-state index in [1.54, 1.807) is 0 Å². The Morgan fingerprint density at radius 2 is 2.30 bits per heavy atom. The molecule has 1 heterocycles. The van der Waals surface area contributed by atoms with E-state index in [9.17, 15) is 4.39 Å². The lowest BCUT2D eigenvalue weighted by Gasteiger charge is -2.16. The van der Waals surface area contributed by atoms with E-state index in [-0.39, 0.29) is 6.67 Å². The van der Waals surface area contributed by atoms with Crippen LogP contribution in [0.4, 0.5) is 4.39 Å². The minimum atomic E-state index is -0.138. The van der Waals surface area contributed by atoms with E-state index < -0.39 is 0 Å². The van der Waals surface area contributed by atoms with Gasteiger partial charge in [0.1, 0.15) is 0 Å². The maximum atomic E-state index is 12.2. The first-order valence-corrected chi connectivity index (χ1v) is 4.04. The van der Waals surface area contributed by atoms with Crippen molar-refractivity contribution in [3.63, 3.8) is 0 Å². The highest BCUT2D eigenvalue weighted by molar-refractivity contribution is 4.81. The molecule has 0 aromatic heterocycles. The molecule has 1 fully saturated rings. The molecule has 2 atom stereocenters. The van der Waals surface area contributed by atoms with Crippen LogP contribution in [0.15, 0.2) is 0 Å². The monoisotopic (exact) mass is 145 g/mol. The van der Waals surface area contributed by atoms with Gasteiger partial charge in [0.15, 0.2) is 0 Å². The van der Waals surface area contributed by atoms with Gasteiger partial charge in [-0.2, -0.15) is 0 Å². The zero-order chi connectivity index (χ0) is 7.56. The molecule has 0 saturated carbocycles. The Morgan fingerprint density at radius 1 is 1.60 bits per heavy atom. The molecule has 0 amide bonds. The molecule has 60 valence electrons. The molecule has 10 heavy (non-hydrogen) atoms. The van der Waals surface area contributed by atoms with Crippen molar-refractivity contribution in [3.8, 4) is 0 Å². The van der Waals surface area contributed by atoms with Gasteiger partial charge in [-0.3, -0.25) is 4.39 Å². The van der Waals surface area contributed by atoms with E-state index >= 15 is 0 Å². The Hall–Kier alpha value is -0.110. The summed E-state index contributed by atoms with van der Waals surface area (Å²) in [5, 5.41) is 0. The zero-order valence-electron chi connectivity index (χ0n) is 6.81. The second kappa shape index (κ2) is 3.33. The summed E-state index contributed by atoms with van der Waals surface area (Å²) in [7, 11) is 2.09. The summed E-state index contributed by atoms with van der Waals surface area (Å²) in [4.78, 5) is 2.27. The van der Waals surface area contributed by atoms with Crippen molar-refractivity contribution in [2.75, 3.05) is 20.3 Å². The van der Waals surface area contributed by atoms with Gasteiger partial charge in [0.05, 0.1) is 6.67 Å². The van der Waals surface area contributed by atoms with Crippen molar-refractivity contribution in [2.45, 2.75) is 25.8 Å². The summed E-state index contributed by atoms with van der Waals surface area (Å²) in [6.45, 7) is 2.98. The third-order valence-electron chi connectivity index (χ3n) is 2.46. The minimum absolute atomic E-state index is 0.138. The molecule has 1 aliphatic rings. The average molecular weight is 145 g/mol. The van der Waals surface area contributed by atoms with E-state index in [4.69, 9.17) is 0 Å². The number of hydrogen-bond donors (Lipinski definition) is 0. The van der Waals surface area contributed by atoms with Crippen molar-refractivity contribution >= 4 is 0 Å². The first kappa shape index (κ1) is 7.99. The fraction of sp³-hybridized carbons (Fsp3) is 1.00. The van der Waals surface area contributed by atoms with Crippen molar-refractivity contribution < 1.29 is 4.39 Å². The highest BCUT2D eigenvalue weighted by Gasteiger charge is 2.27. The molecule has 0 bridgehead atoms. The zero-order valence-corrected chi connectivity index (χ0v) is 6.81. The van der Waals surface area contributed by atoms with Crippen LogP contribution in [-0.4, -0.2) is 31.2 Å². The SMILES string of the molecule is CCC1CC(CF)CN1C. The van der Waals surface area contributed by atoms with Gasteiger partial charge in [0.2, 0.25) is 0 Å². The Balaban J connectivity index is 2.36. The molecule has 0 aliphatic carbocycles. The number of rotatable bonds is 2. The smallest absolute Gasteiger partial charge is 0.0935 e. The number of alkyl halides is 1. The minimum Gasteiger partial charge on any atom is -0.303 e. The Bertz CT molecular complexity index is 105. The Kier molecular flexibility index (Phi) is 2.66. The number of halogens is 1. The maximum Gasteiger partial charge on any atom is 0.0935 e. The Morgan fingerprint density at radius 3 is 2.60 bits per heavy atom. The van der Waals surface area contributed by atoms with Crippen LogP contribution >= 0.6 is 0 Å². The first-order chi connectivity index (χ1) is 4.77. The quantitative estimate of drug-likeness (QED) is 0.571. The third kappa shape index (κ3) is 1.48. The van der Waals surface area contributed by atoms with Gasteiger partial charge in [-0.25, -0.2) is 0 Å². The van der Waals surface area contributed by atoms with Crippen LogP contribution in [0.3, 0.4) is 0 Å². The second-order valence-corrected chi connectivity index (χ2v) is 3.26. The van der Waals surface area contributed by atoms with E-state index in [0.29, 0.717) is 12.0 Å². The maximum absolute atomic E-state index is 12.2. The summed E-state index contributed by atoms with van der Waals surface area (Å²) in [5.74, 6) is 0.315. The first-order valence-electron chi connectivity index (χ1n) is 4.04. The lowest BCUT2D eigenvalue weighted by Crippen LogP contribution is -2.23. The van der Waals surface area contributed by atoms with Crippen LogP contribution in [0.1, 0.15) is 19.8 Å². The van der Waals surface area contributed by atoms with Gasteiger partial charge in [0.25, 0.3) is 0 Å². The summed E-state index contributed by atoms with van der Waals surface area (Å²) < 4.78 is 12.2. The van der Waals surface area contributed by atoms with E-state index in [1.165, 1.54) is 0 Å². The number of likely N-dealkylation sites (tertiary alicyclic amines) is 1. The van der Waals surface area contributed by atoms with E-state index in [0.717, 1.165) is 19.4 Å². The van der Waals surface area contributed by atoms with Crippen molar-refractivity contribution in [1.82, 2.24) is 4.90 Å². The summed E-state index contributed by atoms with van der Waals surface area (Å²) >= 11 is 0. The molecule has 1 nitrogen and oxygen atoms in total. The summed E-state index contributed by atoms with van der Waals surface area (Å²) in [6.07, 6.45) is 2.22. The van der Waals surface area contributed by atoms with Gasteiger partial charge < -0.3 is 4.90 Å². The molecular formula is C8H16FN. The fourth-order valence-corrected chi connectivity index (χ4v) is 1.79. The molecule has 1 rings (SSSR count). The molecule has 2 heteroatoms. The normalized spacial score (nSPS) is 35.1. The number of nitrogens with zero attached hydrogens (tertiary/aromatic N) is 1. The van der Waals surface area contributed by atoms with Crippen molar-refractivity contribution in [3.05, 3.63) is 0 Å². The van der Waals surface area contributed by atoms with Gasteiger partial charge in [-0.1, -0.05) is 6.92 Å². The van der Waals surface area contributed by atoms with Gasteiger partial charge >= 0.3 is 0 Å². The topological polar surface area (TPSA) is 3.24 Å². The van der Waals surface area contributed by atoms with Gasteiger partial charge in [-0.15, -0.1) is 0 Å². The van der Waals surface area contributed by atoms with Gasteiger partial charge in [-0.05, 0) is 19.9 Å². The van der Waals surface area contributed by atoms with Crippen LogP contribution in [-0.2, 0) is 0 Å². The van der Waals surface area contributed by atoms with Crippen LogP contribution in [0.5, 0.6) is 0 Å². The summed E-state index contributed by atoms with van der Waals surface area (Å²) in [5.41, 5.74) is 0. The van der Waals surface area contributed by atoms with E-state index in [1.807, 2.05) is 0 Å². The van der Waals surface area contributed by atoms with Crippen molar-refractivity contribution in [1.29, 1.82) is 0 Å². The molecule has 0 radical (unpaired) electrons. The molecule has 1 aliphatic heterocycles. The van der Waals surface area contributed by atoms with Crippen molar-refractivity contribution in [2.24, 2.45) is 5.92 Å². The standard InChI is InChI=1S/C8H16FN/c1-3-8-4-7(5-9)6-10(8)2/h7-8H,3-6H2,1-2H3. The third-order valence-corrected chi connectivity index (χ3v) is 2.46. The molecule has 2 unspecified atom stereocenters. The number of hydrogen-bond acceptors (Lipinski definition) is 1. The van der Waals surface area contributed by atoms with Crippen LogP contribution in [0.25, 0.3) is 0 Å². The molecule has 0 aromatic rings. The highest BCUT2D eigenvalue weighted by Crippen LogP contribution is 2.23. The van der Waals surface area contributed by atoms with E-state index in [2.05, 4.69) is 18.9 Å². The summed E-state index contributed by atoms with van der Waals surface area (Å²) in [6, 6.07) is 0.640. The Labute approximate surface area is 62.2 Å². The molecule has 0 spiro atoms. The molecule has 0 aromatic carbocycles. The second-order valence-electron chi connectivity index (χ2n) is 3.26. The van der Waals surface area contributed by atoms with Crippen LogP contribution < -0.4 is 0 Å². The molecule has 1 saturated heterocycles. The largest absolute Gasteiger partial charge is 0.303 e. The lowest BCUT2D eigenvalue weighted by molar-refractivity contribution is 0.296. The van der Waals surface area contributed by atoms with Gasteiger partial charge in [0, 0.05) is 18.5 Å². The average Bonchev–Trinajstić information content (AvgIpc) is 2.30. The molecule has 0 N–H and O–H groups in total. The van der Waals surface area contributed by atoms with Crippen LogP contribution in [0.2, 0.25) is 0 Å². The predicted molar refractivity (Wildman–Crippen MR) is 40.8 cm³/mol. The van der Waals surface area contributed by atoms with Crippen LogP contribution in [0, 0.1) is 5.92 Å². The highest BCUT2D eigenvalue weighted by atomic mass is 19.1. The fourth-order valence-electron chi connectivity index (χ4n) is 1.79. The molecular weight excluding hydrogens is 129 g/mol. The predicted octanol–water partition coefficient (Wildman–Crippen LogP) is 1.69.